The van der Waals surface area contributed by atoms with E-state index < -0.39 is 0 Å². The summed E-state index contributed by atoms with van der Waals surface area (Å²) in [5.41, 5.74) is 1.57. The van der Waals surface area contributed by atoms with Crippen molar-refractivity contribution in [3.05, 3.63) is 22.5 Å². The van der Waals surface area contributed by atoms with Crippen LogP contribution in [0.4, 0.5) is 0 Å². The number of nitrogens with zero attached hydrogens (tertiary/aromatic N) is 1. The molecule has 0 amide bonds. The van der Waals surface area contributed by atoms with Crippen LogP contribution in [0.1, 0.15) is 5.89 Å². The van der Waals surface area contributed by atoms with Crippen molar-refractivity contribution in [1.29, 1.82) is 0 Å². The first-order chi connectivity index (χ1) is 6.22. The van der Waals surface area contributed by atoms with E-state index in [2.05, 4.69) is 20.9 Å². The van der Waals surface area contributed by atoms with Crippen molar-refractivity contribution in [2.45, 2.75) is 6.92 Å². The van der Waals surface area contributed by atoms with E-state index in [1.165, 1.54) is 0 Å². The lowest BCUT2D eigenvalue weighted by molar-refractivity contribution is 0.412. The molecule has 0 fully saturated rings. The van der Waals surface area contributed by atoms with Crippen LogP contribution in [0.5, 0.6) is 5.75 Å². The third-order valence-electron chi connectivity index (χ3n) is 1.79. The smallest absolute Gasteiger partial charge is 0.192 e. The number of methoxy groups -OCH3 is 1. The van der Waals surface area contributed by atoms with E-state index >= 15 is 0 Å². The van der Waals surface area contributed by atoms with Gasteiger partial charge in [0.15, 0.2) is 11.5 Å². The molecular formula is C9H8BrNO2. The molecule has 0 N–H and O–H groups in total. The lowest BCUT2D eigenvalue weighted by Gasteiger charge is -2.00. The molecule has 4 heteroatoms. The number of aromatic nitrogens is 1. The molecule has 1 heterocycles. The fourth-order valence-electron chi connectivity index (χ4n) is 1.21. The van der Waals surface area contributed by atoms with Gasteiger partial charge in [0.25, 0.3) is 0 Å². The fraction of sp³-hybridized carbons (Fsp3) is 0.222. The van der Waals surface area contributed by atoms with Gasteiger partial charge in [-0.1, -0.05) is 0 Å². The second-order valence-corrected chi connectivity index (χ2v) is 3.45. The lowest BCUT2D eigenvalue weighted by atomic mass is 10.3. The molecule has 0 atom stereocenters. The van der Waals surface area contributed by atoms with Gasteiger partial charge in [-0.3, -0.25) is 0 Å². The first-order valence-corrected chi connectivity index (χ1v) is 4.61. The van der Waals surface area contributed by atoms with Crippen LogP contribution in [0.3, 0.4) is 0 Å². The Morgan fingerprint density at radius 3 is 2.92 bits per heavy atom. The zero-order valence-corrected chi connectivity index (χ0v) is 8.88. The van der Waals surface area contributed by atoms with Gasteiger partial charge in [0.2, 0.25) is 0 Å². The minimum Gasteiger partial charge on any atom is -0.495 e. The van der Waals surface area contributed by atoms with Gasteiger partial charge in [-0.2, -0.15) is 0 Å². The molecule has 3 nitrogen and oxygen atoms in total. The molecule has 2 aromatic rings. The Balaban J connectivity index is 2.78. The summed E-state index contributed by atoms with van der Waals surface area (Å²) in [7, 11) is 1.62. The number of aryl methyl sites for hydroxylation is 1. The van der Waals surface area contributed by atoms with Gasteiger partial charge in [0.05, 0.1) is 11.6 Å². The Morgan fingerprint density at radius 1 is 1.46 bits per heavy atom. The second kappa shape index (κ2) is 3.03. The normalized spacial score (nSPS) is 10.7. The summed E-state index contributed by atoms with van der Waals surface area (Å²) in [4.78, 5) is 4.23. The van der Waals surface area contributed by atoms with E-state index in [0.29, 0.717) is 5.89 Å². The van der Waals surface area contributed by atoms with Crippen LogP contribution in [0.15, 0.2) is 21.0 Å². The maximum atomic E-state index is 5.35. The monoisotopic (exact) mass is 241 g/mol. The molecule has 0 aliphatic heterocycles. The number of oxazole rings is 1. The highest BCUT2D eigenvalue weighted by Gasteiger charge is 2.09. The lowest BCUT2D eigenvalue weighted by Crippen LogP contribution is -1.84. The van der Waals surface area contributed by atoms with Crippen LogP contribution in [0.2, 0.25) is 0 Å². The van der Waals surface area contributed by atoms with Crippen molar-refractivity contribution in [2.75, 3.05) is 7.11 Å². The van der Waals surface area contributed by atoms with Crippen molar-refractivity contribution in [3.8, 4) is 5.75 Å². The van der Waals surface area contributed by atoms with Gasteiger partial charge in [-0.05, 0) is 28.1 Å². The van der Waals surface area contributed by atoms with Crippen molar-refractivity contribution >= 4 is 27.0 Å². The summed E-state index contributed by atoms with van der Waals surface area (Å²) in [6.45, 7) is 1.82. The molecule has 0 aliphatic rings. The van der Waals surface area contributed by atoms with Crippen molar-refractivity contribution < 1.29 is 9.15 Å². The van der Waals surface area contributed by atoms with Gasteiger partial charge in [0.1, 0.15) is 11.3 Å². The molecule has 0 bridgehead atoms. The third-order valence-corrected chi connectivity index (χ3v) is 2.56. The number of benzene rings is 1. The standard InChI is InChI=1S/C9H8BrNO2/c1-5-11-9-7(13-5)4-3-6(12-2)8(9)10/h3-4H,1-2H3. The Labute approximate surface area is 83.8 Å². The van der Waals surface area contributed by atoms with Crippen LogP contribution < -0.4 is 4.74 Å². The molecule has 1 aromatic carbocycles. The first-order valence-electron chi connectivity index (χ1n) is 3.82. The zero-order valence-electron chi connectivity index (χ0n) is 7.30. The summed E-state index contributed by atoms with van der Waals surface area (Å²) in [6.07, 6.45) is 0. The number of ether oxygens (including phenoxy) is 1. The molecule has 0 unspecified atom stereocenters. The summed E-state index contributed by atoms with van der Waals surface area (Å²) in [5, 5.41) is 0. The molecule has 13 heavy (non-hydrogen) atoms. The Bertz CT molecular complexity index is 450. The SMILES string of the molecule is COc1ccc2oc(C)nc2c1Br. The summed E-state index contributed by atoms with van der Waals surface area (Å²) in [6, 6.07) is 3.69. The number of rotatable bonds is 1. The van der Waals surface area contributed by atoms with Crippen LogP contribution in [-0.2, 0) is 0 Å². The number of hydrogen-bond donors (Lipinski definition) is 0. The number of halogens is 1. The minimum atomic E-state index is 0.656. The highest BCUT2D eigenvalue weighted by Crippen LogP contribution is 2.32. The van der Waals surface area contributed by atoms with Crippen molar-refractivity contribution in [2.24, 2.45) is 0 Å². The average molecular weight is 242 g/mol. The van der Waals surface area contributed by atoms with Crippen LogP contribution in [0.25, 0.3) is 11.1 Å². The van der Waals surface area contributed by atoms with E-state index in [-0.39, 0.29) is 0 Å². The van der Waals surface area contributed by atoms with E-state index in [9.17, 15) is 0 Å². The van der Waals surface area contributed by atoms with Gasteiger partial charge in [-0.25, -0.2) is 4.98 Å². The maximum absolute atomic E-state index is 5.35. The largest absolute Gasteiger partial charge is 0.495 e. The topological polar surface area (TPSA) is 35.3 Å². The van der Waals surface area contributed by atoms with Crippen LogP contribution in [-0.4, -0.2) is 12.1 Å². The molecular weight excluding hydrogens is 234 g/mol. The van der Waals surface area contributed by atoms with Gasteiger partial charge < -0.3 is 9.15 Å². The predicted octanol–water partition coefficient (Wildman–Crippen LogP) is 2.91. The van der Waals surface area contributed by atoms with E-state index in [4.69, 9.17) is 9.15 Å². The van der Waals surface area contributed by atoms with Crippen molar-refractivity contribution in [1.82, 2.24) is 4.98 Å². The summed E-state index contributed by atoms with van der Waals surface area (Å²) >= 11 is 3.41. The highest BCUT2D eigenvalue weighted by molar-refractivity contribution is 9.10. The molecule has 1 aromatic heterocycles. The van der Waals surface area contributed by atoms with E-state index in [1.54, 1.807) is 7.11 Å². The molecule has 0 saturated carbocycles. The molecule has 0 aliphatic carbocycles. The molecule has 0 saturated heterocycles. The quantitative estimate of drug-likeness (QED) is 0.771. The minimum absolute atomic E-state index is 0.656. The second-order valence-electron chi connectivity index (χ2n) is 2.66. The summed E-state index contributed by atoms with van der Waals surface area (Å²) < 4.78 is 11.3. The summed E-state index contributed by atoms with van der Waals surface area (Å²) in [5.74, 6) is 1.42. The van der Waals surface area contributed by atoms with Gasteiger partial charge in [-0.15, -0.1) is 0 Å². The van der Waals surface area contributed by atoms with E-state index in [1.807, 2.05) is 19.1 Å². The Kier molecular flexibility index (Phi) is 2.00. The number of hydrogen-bond acceptors (Lipinski definition) is 3. The van der Waals surface area contributed by atoms with Crippen molar-refractivity contribution in [3.63, 3.8) is 0 Å². The maximum Gasteiger partial charge on any atom is 0.192 e. The molecule has 0 radical (unpaired) electrons. The highest BCUT2D eigenvalue weighted by atomic mass is 79.9. The number of fused-ring (bicyclic) bond motifs is 1. The van der Waals surface area contributed by atoms with Crippen LogP contribution >= 0.6 is 15.9 Å². The van der Waals surface area contributed by atoms with Crippen LogP contribution in [0, 0.1) is 6.92 Å². The Hall–Kier alpha value is -1.03. The average Bonchev–Trinajstić information content (AvgIpc) is 2.47. The van der Waals surface area contributed by atoms with Gasteiger partial charge >= 0.3 is 0 Å². The van der Waals surface area contributed by atoms with Gasteiger partial charge in [0, 0.05) is 6.92 Å². The van der Waals surface area contributed by atoms with E-state index in [0.717, 1.165) is 21.3 Å². The third kappa shape index (κ3) is 1.31. The Morgan fingerprint density at radius 2 is 2.23 bits per heavy atom. The fourth-order valence-corrected chi connectivity index (χ4v) is 1.79. The molecule has 68 valence electrons. The first kappa shape index (κ1) is 8.56. The molecule has 2 rings (SSSR count). The zero-order chi connectivity index (χ0) is 9.42. The molecule has 0 spiro atoms. The predicted molar refractivity (Wildman–Crippen MR) is 53.0 cm³/mol.